The van der Waals surface area contributed by atoms with Crippen LogP contribution in [-0.4, -0.2) is 47.1 Å². The number of carbonyl (C=O) groups excluding carboxylic acids is 1. The highest BCUT2D eigenvalue weighted by Gasteiger charge is 2.41. The fraction of sp³-hybridized carbons (Fsp3) is 0.895. The Morgan fingerprint density at radius 1 is 1.08 bits per heavy atom. The number of carbonyl (C=O) groups is 2. The molecule has 5 nitrogen and oxygen atoms in total. The summed E-state index contributed by atoms with van der Waals surface area (Å²) in [6.07, 6.45) is 10.6. The summed E-state index contributed by atoms with van der Waals surface area (Å²) in [6, 6.07) is 0.555. The number of rotatable bonds is 6. The Morgan fingerprint density at radius 3 is 2.50 bits per heavy atom. The van der Waals surface area contributed by atoms with Gasteiger partial charge in [-0.05, 0) is 44.1 Å². The van der Waals surface area contributed by atoms with Gasteiger partial charge in [0.2, 0.25) is 5.91 Å². The molecule has 0 spiro atoms. The molecule has 0 aromatic rings. The van der Waals surface area contributed by atoms with Crippen molar-refractivity contribution in [3.05, 3.63) is 0 Å². The Kier molecular flexibility index (Phi) is 5.80. The average molecular weight is 336 g/mol. The molecule has 0 radical (unpaired) electrons. The first-order valence-corrected chi connectivity index (χ1v) is 9.84. The summed E-state index contributed by atoms with van der Waals surface area (Å²) < 4.78 is 0. The molecule has 0 saturated heterocycles. The molecule has 136 valence electrons. The lowest BCUT2D eigenvalue weighted by Crippen LogP contribution is -2.56. The van der Waals surface area contributed by atoms with Gasteiger partial charge >= 0.3 is 5.97 Å². The van der Waals surface area contributed by atoms with Crippen molar-refractivity contribution in [2.45, 2.75) is 76.8 Å². The Morgan fingerprint density at radius 2 is 1.79 bits per heavy atom. The summed E-state index contributed by atoms with van der Waals surface area (Å²) >= 11 is 0. The first kappa shape index (κ1) is 17.7. The number of hydrogen-bond acceptors (Lipinski definition) is 3. The summed E-state index contributed by atoms with van der Waals surface area (Å²) in [5, 5.41) is 12.2. The number of likely N-dealkylation sites (N-methyl/N-ethyl adjacent to an activating group) is 1. The molecule has 3 aliphatic carbocycles. The molecule has 3 aliphatic rings. The van der Waals surface area contributed by atoms with E-state index in [2.05, 4.69) is 5.32 Å². The molecule has 5 heteroatoms. The van der Waals surface area contributed by atoms with Crippen molar-refractivity contribution >= 4 is 11.9 Å². The van der Waals surface area contributed by atoms with Gasteiger partial charge in [0.15, 0.2) is 0 Å². The standard InChI is InChI=1S/C19H32N2O3/c1-2-21(12-18(22)23)15-10-14(11-15)20-19(24)17-9-5-7-13-6-3-4-8-16(13)17/h13-17H,2-12H2,1H3,(H,20,24)(H,22,23). The molecule has 3 rings (SSSR count). The Labute approximate surface area is 145 Å². The van der Waals surface area contributed by atoms with Gasteiger partial charge in [-0.3, -0.25) is 14.5 Å². The van der Waals surface area contributed by atoms with Gasteiger partial charge in [0.1, 0.15) is 0 Å². The van der Waals surface area contributed by atoms with Crippen LogP contribution >= 0.6 is 0 Å². The van der Waals surface area contributed by atoms with E-state index < -0.39 is 5.97 Å². The smallest absolute Gasteiger partial charge is 0.317 e. The maximum Gasteiger partial charge on any atom is 0.317 e. The van der Waals surface area contributed by atoms with E-state index in [0.29, 0.717) is 12.0 Å². The first-order chi connectivity index (χ1) is 11.6. The molecule has 0 heterocycles. The molecule has 24 heavy (non-hydrogen) atoms. The number of hydrogen-bond donors (Lipinski definition) is 2. The van der Waals surface area contributed by atoms with E-state index in [-0.39, 0.29) is 24.4 Å². The molecule has 0 aromatic heterocycles. The van der Waals surface area contributed by atoms with Crippen LogP contribution in [0.4, 0.5) is 0 Å². The number of nitrogens with zero attached hydrogens (tertiary/aromatic N) is 1. The van der Waals surface area contributed by atoms with Crippen molar-refractivity contribution in [2.24, 2.45) is 17.8 Å². The van der Waals surface area contributed by atoms with E-state index in [0.717, 1.165) is 31.7 Å². The van der Waals surface area contributed by atoms with E-state index in [1.807, 2.05) is 11.8 Å². The first-order valence-electron chi connectivity index (χ1n) is 9.84. The summed E-state index contributed by atoms with van der Waals surface area (Å²) in [7, 11) is 0. The minimum Gasteiger partial charge on any atom is -0.480 e. The van der Waals surface area contributed by atoms with Crippen LogP contribution in [-0.2, 0) is 9.59 Å². The fourth-order valence-electron chi connectivity index (χ4n) is 5.25. The van der Waals surface area contributed by atoms with Gasteiger partial charge in [0.05, 0.1) is 6.54 Å². The number of aliphatic carboxylic acids is 1. The quantitative estimate of drug-likeness (QED) is 0.782. The van der Waals surface area contributed by atoms with E-state index >= 15 is 0 Å². The van der Waals surface area contributed by atoms with Crippen LogP contribution in [0.25, 0.3) is 0 Å². The molecule has 0 bridgehead atoms. The number of carboxylic acids is 1. The summed E-state index contributed by atoms with van der Waals surface area (Å²) in [5.41, 5.74) is 0. The lowest BCUT2D eigenvalue weighted by molar-refractivity contribution is -0.140. The van der Waals surface area contributed by atoms with Gasteiger partial charge in [-0.25, -0.2) is 0 Å². The third-order valence-corrected chi connectivity index (χ3v) is 6.63. The van der Waals surface area contributed by atoms with Crippen molar-refractivity contribution in [1.29, 1.82) is 0 Å². The van der Waals surface area contributed by atoms with Gasteiger partial charge in [0.25, 0.3) is 0 Å². The second-order valence-electron chi connectivity index (χ2n) is 8.03. The van der Waals surface area contributed by atoms with E-state index in [1.54, 1.807) is 0 Å². The highest BCUT2D eigenvalue weighted by Crippen LogP contribution is 2.44. The van der Waals surface area contributed by atoms with Crippen molar-refractivity contribution in [1.82, 2.24) is 10.2 Å². The van der Waals surface area contributed by atoms with Crippen molar-refractivity contribution in [3.8, 4) is 0 Å². The number of amides is 1. The van der Waals surface area contributed by atoms with E-state index in [1.165, 1.54) is 38.5 Å². The van der Waals surface area contributed by atoms with Crippen LogP contribution in [0.3, 0.4) is 0 Å². The van der Waals surface area contributed by atoms with Crippen LogP contribution in [0.5, 0.6) is 0 Å². The molecule has 3 atom stereocenters. The third-order valence-electron chi connectivity index (χ3n) is 6.63. The highest BCUT2D eigenvalue weighted by atomic mass is 16.4. The zero-order valence-electron chi connectivity index (χ0n) is 14.9. The van der Waals surface area contributed by atoms with Crippen molar-refractivity contribution in [3.63, 3.8) is 0 Å². The zero-order valence-corrected chi connectivity index (χ0v) is 14.9. The molecule has 2 N–H and O–H groups in total. The maximum absolute atomic E-state index is 12.8. The largest absolute Gasteiger partial charge is 0.480 e. The monoisotopic (exact) mass is 336 g/mol. The molecular weight excluding hydrogens is 304 g/mol. The molecule has 3 saturated carbocycles. The zero-order chi connectivity index (χ0) is 17.1. The summed E-state index contributed by atoms with van der Waals surface area (Å²) in [5.74, 6) is 1.13. The predicted octanol–water partition coefficient (Wildman–Crippen LogP) is 2.65. The van der Waals surface area contributed by atoms with Crippen molar-refractivity contribution in [2.75, 3.05) is 13.1 Å². The second kappa shape index (κ2) is 7.85. The number of nitrogens with one attached hydrogen (secondary N) is 1. The Bertz CT molecular complexity index is 460. The van der Waals surface area contributed by atoms with Crippen LogP contribution < -0.4 is 5.32 Å². The SMILES string of the molecule is CCN(CC(=O)O)C1CC(NC(=O)C2CCCC3CCCCC32)C1. The second-order valence-corrected chi connectivity index (χ2v) is 8.03. The Balaban J connectivity index is 1.47. The third kappa shape index (κ3) is 3.93. The van der Waals surface area contributed by atoms with Crippen molar-refractivity contribution < 1.29 is 14.7 Å². The van der Waals surface area contributed by atoms with Crippen LogP contribution in [0.1, 0.15) is 64.7 Å². The van der Waals surface area contributed by atoms with Gasteiger partial charge in [-0.2, -0.15) is 0 Å². The van der Waals surface area contributed by atoms with Crippen LogP contribution in [0, 0.1) is 17.8 Å². The normalized spacial score (nSPS) is 35.8. The summed E-state index contributed by atoms with van der Waals surface area (Å²) in [6.45, 7) is 2.86. The van der Waals surface area contributed by atoms with E-state index in [9.17, 15) is 9.59 Å². The molecule has 3 fully saturated rings. The van der Waals surface area contributed by atoms with Gasteiger partial charge in [-0.1, -0.05) is 39.0 Å². The minimum atomic E-state index is -0.769. The van der Waals surface area contributed by atoms with Crippen LogP contribution in [0.15, 0.2) is 0 Å². The predicted molar refractivity (Wildman–Crippen MR) is 92.6 cm³/mol. The van der Waals surface area contributed by atoms with Gasteiger partial charge < -0.3 is 10.4 Å². The Hall–Kier alpha value is -1.10. The van der Waals surface area contributed by atoms with Crippen LogP contribution in [0.2, 0.25) is 0 Å². The fourth-order valence-corrected chi connectivity index (χ4v) is 5.25. The highest BCUT2D eigenvalue weighted by molar-refractivity contribution is 5.79. The molecule has 0 aromatic carbocycles. The molecule has 3 unspecified atom stereocenters. The molecular formula is C19H32N2O3. The minimum absolute atomic E-state index is 0.105. The molecule has 0 aliphatic heterocycles. The lowest BCUT2D eigenvalue weighted by Gasteiger charge is -2.44. The maximum atomic E-state index is 12.8. The number of fused-ring (bicyclic) bond motifs is 1. The number of carboxylic acid groups (broad SMARTS) is 1. The summed E-state index contributed by atoms with van der Waals surface area (Å²) in [4.78, 5) is 25.7. The van der Waals surface area contributed by atoms with Gasteiger partial charge in [-0.15, -0.1) is 0 Å². The molecule has 1 amide bonds. The topological polar surface area (TPSA) is 69.6 Å². The lowest BCUT2D eigenvalue weighted by atomic mass is 9.65. The van der Waals surface area contributed by atoms with E-state index in [4.69, 9.17) is 5.11 Å². The van der Waals surface area contributed by atoms with Gasteiger partial charge in [0, 0.05) is 18.0 Å². The average Bonchev–Trinajstić information content (AvgIpc) is 2.55.